The van der Waals surface area contributed by atoms with Crippen molar-refractivity contribution < 1.29 is 23.5 Å². The largest absolute Gasteiger partial charge is 0.456 e. The van der Waals surface area contributed by atoms with E-state index in [1.165, 1.54) is 0 Å². The molecular formula is C23H19NO5. The smallest absolute Gasteiger partial charge is 0.338 e. The van der Waals surface area contributed by atoms with E-state index in [2.05, 4.69) is 5.32 Å². The highest BCUT2D eigenvalue weighted by molar-refractivity contribution is 6.07. The molecule has 0 bridgehead atoms. The quantitative estimate of drug-likeness (QED) is 0.490. The third-order valence-electron chi connectivity index (χ3n) is 4.47. The minimum absolute atomic E-state index is 0.374. The molecule has 0 atom stereocenters. The van der Waals surface area contributed by atoms with Crippen molar-refractivity contribution in [3.63, 3.8) is 0 Å². The van der Waals surface area contributed by atoms with Gasteiger partial charge in [0.1, 0.15) is 11.2 Å². The summed E-state index contributed by atoms with van der Waals surface area (Å²) in [7, 11) is 1.58. The Morgan fingerprint density at radius 2 is 1.76 bits per heavy atom. The Morgan fingerprint density at radius 1 is 0.931 bits per heavy atom. The zero-order valence-electron chi connectivity index (χ0n) is 15.8. The standard InChI is InChI=1S/C23H19NO5/c1-27-13-15-5-4-6-16(11-15)23(26)28-14-22(25)24-17-9-10-21-19(12-17)18-7-2-3-8-20(18)29-21/h2-12H,13-14H2,1H3,(H,24,25). The molecule has 3 aromatic carbocycles. The maximum atomic E-state index is 12.2. The Labute approximate surface area is 167 Å². The lowest BCUT2D eigenvalue weighted by Gasteiger charge is -2.08. The van der Waals surface area contributed by atoms with Crippen LogP contribution < -0.4 is 5.32 Å². The summed E-state index contributed by atoms with van der Waals surface area (Å²) in [6, 6.07) is 20.0. The number of esters is 1. The fourth-order valence-electron chi connectivity index (χ4n) is 3.17. The molecule has 1 aromatic heterocycles. The van der Waals surface area contributed by atoms with Crippen molar-refractivity contribution in [2.45, 2.75) is 6.61 Å². The SMILES string of the molecule is COCc1cccc(C(=O)OCC(=O)Nc2ccc3oc4ccccc4c3c2)c1. The molecule has 1 amide bonds. The number of para-hydroxylation sites is 1. The lowest BCUT2D eigenvalue weighted by atomic mass is 10.1. The van der Waals surface area contributed by atoms with Crippen molar-refractivity contribution in [3.8, 4) is 0 Å². The first-order valence-electron chi connectivity index (χ1n) is 9.10. The molecule has 0 radical (unpaired) electrons. The zero-order valence-corrected chi connectivity index (χ0v) is 15.8. The number of carbonyl (C=O) groups is 2. The molecule has 0 spiro atoms. The average Bonchev–Trinajstić information content (AvgIpc) is 3.10. The van der Waals surface area contributed by atoms with E-state index in [0.29, 0.717) is 17.9 Å². The molecule has 29 heavy (non-hydrogen) atoms. The summed E-state index contributed by atoms with van der Waals surface area (Å²) in [4.78, 5) is 24.4. The van der Waals surface area contributed by atoms with Crippen molar-refractivity contribution in [1.82, 2.24) is 0 Å². The number of nitrogens with one attached hydrogen (secondary N) is 1. The topological polar surface area (TPSA) is 77.8 Å². The zero-order chi connectivity index (χ0) is 20.2. The van der Waals surface area contributed by atoms with Crippen LogP contribution in [0.2, 0.25) is 0 Å². The third kappa shape index (κ3) is 4.12. The first-order chi connectivity index (χ1) is 14.1. The van der Waals surface area contributed by atoms with E-state index in [-0.39, 0.29) is 6.61 Å². The molecule has 0 unspecified atom stereocenters. The van der Waals surface area contributed by atoms with E-state index in [1.807, 2.05) is 36.4 Å². The normalized spacial score (nSPS) is 10.9. The molecule has 6 heteroatoms. The maximum Gasteiger partial charge on any atom is 0.338 e. The first-order valence-corrected chi connectivity index (χ1v) is 9.10. The van der Waals surface area contributed by atoms with Crippen LogP contribution in [0.5, 0.6) is 0 Å². The number of benzene rings is 3. The highest BCUT2D eigenvalue weighted by Crippen LogP contribution is 2.30. The summed E-state index contributed by atoms with van der Waals surface area (Å²) in [5.41, 5.74) is 3.36. The first kappa shape index (κ1) is 18.7. The lowest BCUT2D eigenvalue weighted by Crippen LogP contribution is -2.21. The Balaban J connectivity index is 1.41. The van der Waals surface area contributed by atoms with Gasteiger partial charge < -0.3 is 19.2 Å². The van der Waals surface area contributed by atoms with Gasteiger partial charge in [-0.15, -0.1) is 0 Å². The molecule has 0 aliphatic heterocycles. The number of rotatable bonds is 6. The fourth-order valence-corrected chi connectivity index (χ4v) is 3.17. The number of fused-ring (bicyclic) bond motifs is 3. The summed E-state index contributed by atoms with van der Waals surface area (Å²) in [5, 5.41) is 4.63. The Bertz CT molecular complexity index is 1190. The van der Waals surface area contributed by atoms with Crippen LogP contribution in [-0.4, -0.2) is 25.6 Å². The predicted octanol–water partition coefficient (Wildman–Crippen LogP) is 4.53. The lowest BCUT2D eigenvalue weighted by molar-refractivity contribution is -0.119. The van der Waals surface area contributed by atoms with Gasteiger partial charge in [-0.2, -0.15) is 0 Å². The Hall–Kier alpha value is -3.64. The van der Waals surface area contributed by atoms with Crippen LogP contribution >= 0.6 is 0 Å². The van der Waals surface area contributed by atoms with E-state index in [4.69, 9.17) is 13.9 Å². The minimum atomic E-state index is -0.561. The number of carbonyl (C=O) groups excluding carboxylic acids is 2. The van der Waals surface area contributed by atoms with Crippen LogP contribution in [0.25, 0.3) is 21.9 Å². The monoisotopic (exact) mass is 389 g/mol. The second kappa shape index (κ2) is 8.16. The maximum absolute atomic E-state index is 12.2. The van der Waals surface area contributed by atoms with Crippen LogP contribution in [0, 0.1) is 0 Å². The summed E-state index contributed by atoms with van der Waals surface area (Å²) in [6.07, 6.45) is 0. The summed E-state index contributed by atoms with van der Waals surface area (Å²) < 4.78 is 16.0. The van der Waals surface area contributed by atoms with Gasteiger partial charge in [0, 0.05) is 23.6 Å². The van der Waals surface area contributed by atoms with Gasteiger partial charge in [-0.05, 0) is 42.0 Å². The summed E-state index contributed by atoms with van der Waals surface area (Å²) in [6.45, 7) is 0.0181. The molecule has 0 saturated carbocycles. The highest BCUT2D eigenvalue weighted by Gasteiger charge is 2.12. The number of anilines is 1. The van der Waals surface area contributed by atoms with E-state index in [9.17, 15) is 9.59 Å². The molecule has 4 rings (SSSR count). The van der Waals surface area contributed by atoms with Gasteiger partial charge in [0.25, 0.3) is 5.91 Å². The molecule has 0 aliphatic carbocycles. The van der Waals surface area contributed by atoms with Crippen LogP contribution in [-0.2, 0) is 20.9 Å². The fraction of sp³-hybridized carbons (Fsp3) is 0.130. The predicted molar refractivity (Wildman–Crippen MR) is 110 cm³/mol. The molecule has 4 aromatic rings. The number of ether oxygens (including phenoxy) is 2. The van der Waals surface area contributed by atoms with Crippen molar-refractivity contribution in [2.75, 3.05) is 19.0 Å². The second-order valence-corrected chi connectivity index (χ2v) is 6.57. The molecule has 0 fully saturated rings. The number of hydrogen-bond acceptors (Lipinski definition) is 5. The molecule has 6 nitrogen and oxygen atoms in total. The number of hydrogen-bond donors (Lipinski definition) is 1. The van der Waals surface area contributed by atoms with E-state index in [0.717, 1.165) is 27.5 Å². The molecule has 146 valence electrons. The van der Waals surface area contributed by atoms with Gasteiger partial charge in [-0.3, -0.25) is 4.79 Å². The Morgan fingerprint density at radius 3 is 2.62 bits per heavy atom. The molecule has 1 heterocycles. The van der Waals surface area contributed by atoms with Gasteiger partial charge in [-0.1, -0.05) is 30.3 Å². The highest BCUT2D eigenvalue weighted by atomic mass is 16.5. The number of methoxy groups -OCH3 is 1. The number of amides is 1. The van der Waals surface area contributed by atoms with Gasteiger partial charge >= 0.3 is 5.97 Å². The van der Waals surface area contributed by atoms with Crippen molar-refractivity contribution in [2.24, 2.45) is 0 Å². The average molecular weight is 389 g/mol. The van der Waals surface area contributed by atoms with Gasteiger partial charge in [0.2, 0.25) is 0 Å². The molecule has 0 saturated heterocycles. The minimum Gasteiger partial charge on any atom is -0.456 e. The van der Waals surface area contributed by atoms with Crippen molar-refractivity contribution in [1.29, 1.82) is 0 Å². The molecule has 1 N–H and O–H groups in total. The molecular weight excluding hydrogens is 370 g/mol. The van der Waals surface area contributed by atoms with Crippen LogP contribution in [0.1, 0.15) is 15.9 Å². The van der Waals surface area contributed by atoms with E-state index < -0.39 is 11.9 Å². The van der Waals surface area contributed by atoms with E-state index >= 15 is 0 Å². The number of furan rings is 1. The van der Waals surface area contributed by atoms with Crippen molar-refractivity contribution in [3.05, 3.63) is 77.9 Å². The summed E-state index contributed by atoms with van der Waals surface area (Å²) in [5.74, 6) is -0.979. The van der Waals surface area contributed by atoms with Crippen LogP contribution in [0.15, 0.2) is 71.1 Å². The van der Waals surface area contributed by atoms with Crippen molar-refractivity contribution >= 4 is 39.5 Å². The van der Waals surface area contributed by atoms with Crippen LogP contribution in [0.3, 0.4) is 0 Å². The van der Waals surface area contributed by atoms with Gasteiger partial charge in [-0.25, -0.2) is 4.79 Å². The van der Waals surface area contributed by atoms with Gasteiger partial charge in [0.15, 0.2) is 6.61 Å². The van der Waals surface area contributed by atoms with Gasteiger partial charge in [0.05, 0.1) is 12.2 Å². The Kier molecular flexibility index (Phi) is 5.27. The summed E-state index contributed by atoms with van der Waals surface area (Å²) >= 11 is 0. The molecule has 0 aliphatic rings. The van der Waals surface area contributed by atoms with Crippen LogP contribution in [0.4, 0.5) is 5.69 Å². The third-order valence-corrected chi connectivity index (χ3v) is 4.47. The van der Waals surface area contributed by atoms with E-state index in [1.54, 1.807) is 37.4 Å². The second-order valence-electron chi connectivity index (χ2n) is 6.57.